The predicted molar refractivity (Wildman–Crippen MR) is 188 cm³/mol. The monoisotopic (exact) mass is 724 g/mol. The molecule has 15 nitrogen and oxygen atoms in total. The molecule has 4 rings (SSSR count). The number of nitrogens with one attached hydrogen (secondary N) is 2. The number of benzene rings is 2. The molecule has 0 radical (unpaired) electrons. The van der Waals surface area contributed by atoms with E-state index in [1.807, 2.05) is 28.7 Å². The maximum Gasteiger partial charge on any atom is 0.407 e. The summed E-state index contributed by atoms with van der Waals surface area (Å²) in [6, 6.07) is 11.6. The summed E-state index contributed by atoms with van der Waals surface area (Å²) in [4.78, 5) is 69.7. The lowest BCUT2D eigenvalue weighted by molar-refractivity contribution is -0.731. The van der Waals surface area contributed by atoms with Crippen molar-refractivity contribution in [2.24, 2.45) is 13.0 Å². The molecule has 0 aliphatic carbocycles. The Hall–Kier alpha value is -5.18. The van der Waals surface area contributed by atoms with Gasteiger partial charge in [-0.3, -0.25) is 9.59 Å². The molecule has 2 heterocycles. The normalized spacial score (nSPS) is 13.9. The fourth-order valence-electron chi connectivity index (χ4n) is 5.20. The Morgan fingerprint density at radius 2 is 1.29 bits per heavy atom. The number of hydrogen-bond acceptors (Lipinski definition) is 10. The van der Waals surface area contributed by atoms with Crippen LogP contribution in [0.25, 0.3) is 10.9 Å². The smallest absolute Gasteiger partial charge is 0.407 e. The van der Waals surface area contributed by atoms with E-state index in [4.69, 9.17) is 23.8 Å². The molecule has 0 saturated heterocycles. The lowest BCUT2D eigenvalue weighted by Crippen LogP contribution is -2.45. The fourth-order valence-corrected chi connectivity index (χ4v) is 5.20. The van der Waals surface area contributed by atoms with E-state index in [0.717, 1.165) is 10.9 Å². The van der Waals surface area contributed by atoms with E-state index < -0.39 is 52.9 Å². The van der Waals surface area contributed by atoms with Crippen LogP contribution in [-0.4, -0.2) is 82.3 Å². The second-order valence-corrected chi connectivity index (χ2v) is 15.5. The number of alkyl carbamates (subject to hydrolysis) is 2. The molecule has 3 aromatic rings. The zero-order chi connectivity index (χ0) is 38.6. The zero-order valence-electron chi connectivity index (χ0n) is 31.5. The molecule has 0 bridgehead atoms. The van der Waals surface area contributed by atoms with Gasteiger partial charge >= 0.3 is 18.2 Å². The minimum absolute atomic E-state index is 0.169. The van der Waals surface area contributed by atoms with Gasteiger partial charge in [0.2, 0.25) is 11.6 Å². The SMILES string of the molecule is C[n+]1c2ccc(OC[C@H](ON3C(=O)c4ccccc4C3=O)C(=O)OC(C)(C)C)cc2cn1CC(CNC(=O)OC(C)(C)C)CNC(=O)OC(C)(C)C. The van der Waals surface area contributed by atoms with Crippen molar-refractivity contribution in [2.45, 2.75) is 91.8 Å². The Balaban J connectivity index is 1.50. The molecule has 1 aliphatic rings. The summed E-state index contributed by atoms with van der Waals surface area (Å²) in [5.41, 5.74) is -1.04. The maximum absolute atomic E-state index is 13.2. The van der Waals surface area contributed by atoms with E-state index in [1.165, 1.54) is 12.1 Å². The minimum atomic E-state index is -1.45. The lowest BCUT2D eigenvalue weighted by Gasteiger charge is -2.25. The molecule has 0 spiro atoms. The number of esters is 1. The highest BCUT2D eigenvalue weighted by Gasteiger charge is 2.41. The van der Waals surface area contributed by atoms with Crippen molar-refractivity contribution in [3.05, 3.63) is 59.8 Å². The third kappa shape index (κ3) is 10.9. The zero-order valence-corrected chi connectivity index (χ0v) is 31.5. The van der Waals surface area contributed by atoms with Gasteiger partial charge in [0.15, 0.2) is 7.05 Å². The van der Waals surface area contributed by atoms with E-state index in [0.29, 0.717) is 17.4 Å². The van der Waals surface area contributed by atoms with Crippen molar-refractivity contribution in [3.63, 3.8) is 0 Å². The minimum Gasteiger partial charge on any atom is -0.490 e. The number of rotatable bonds is 12. The number of nitrogens with zero attached hydrogens (tertiary/aromatic N) is 3. The molecule has 2 aromatic carbocycles. The highest BCUT2D eigenvalue weighted by Crippen LogP contribution is 2.25. The summed E-state index contributed by atoms with van der Waals surface area (Å²) in [5, 5.41) is 6.93. The summed E-state index contributed by atoms with van der Waals surface area (Å²) in [5.74, 6) is -2.07. The van der Waals surface area contributed by atoms with Crippen LogP contribution < -0.4 is 20.1 Å². The topological polar surface area (TPSA) is 168 Å². The van der Waals surface area contributed by atoms with Gasteiger partial charge in [-0.1, -0.05) is 12.1 Å². The van der Waals surface area contributed by atoms with Crippen molar-refractivity contribution < 1.29 is 52.4 Å². The largest absolute Gasteiger partial charge is 0.490 e. The molecule has 15 heteroatoms. The van der Waals surface area contributed by atoms with Gasteiger partial charge in [0, 0.05) is 25.1 Å². The number of carbonyl (C=O) groups is 5. The summed E-state index contributed by atoms with van der Waals surface area (Å²) >= 11 is 0. The van der Waals surface area contributed by atoms with Gasteiger partial charge in [0.1, 0.15) is 29.2 Å². The first-order chi connectivity index (χ1) is 24.1. The third-order valence-electron chi connectivity index (χ3n) is 7.39. The van der Waals surface area contributed by atoms with Crippen molar-refractivity contribution >= 4 is 40.9 Å². The molecule has 282 valence electrons. The molecule has 1 atom stereocenters. The number of imide groups is 1. The van der Waals surface area contributed by atoms with Crippen molar-refractivity contribution in [3.8, 4) is 5.75 Å². The number of carbonyl (C=O) groups excluding carboxylic acids is 5. The van der Waals surface area contributed by atoms with Crippen LogP contribution in [0.15, 0.2) is 48.7 Å². The number of amides is 4. The molecule has 2 N–H and O–H groups in total. The van der Waals surface area contributed by atoms with E-state index in [9.17, 15) is 24.0 Å². The van der Waals surface area contributed by atoms with Gasteiger partial charge in [-0.2, -0.15) is 4.68 Å². The summed E-state index contributed by atoms with van der Waals surface area (Å²) < 4.78 is 26.2. The first kappa shape index (κ1) is 39.6. The number of aromatic nitrogens is 2. The van der Waals surface area contributed by atoms with Crippen molar-refractivity contribution in [1.82, 2.24) is 20.4 Å². The molecule has 52 heavy (non-hydrogen) atoms. The van der Waals surface area contributed by atoms with Crippen LogP contribution in [0.1, 0.15) is 83.0 Å². The van der Waals surface area contributed by atoms with Crippen LogP contribution in [0.4, 0.5) is 9.59 Å². The molecule has 4 amide bonds. The Morgan fingerprint density at radius 3 is 1.79 bits per heavy atom. The van der Waals surface area contributed by atoms with E-state index >= 15 is 0 Å². The predicted octanol–water partition coefficient (Wildman–Crippen LogP) is 4.45. The second-order valence-electron chi connectivity index (χ2n) is 15.5. The summed E-state index contributed by atoms with van der Waals surface area (Å²) in [6.07, 6.45) is -0.712. The lowest BCUT2D eigenvalue weighted by atomic mass is 10.1. The Bertz CT molecular complexity index is 1750. The molecule has 1 aromatic heterocycles. The summed E-state index contributed by atoms with van der Waals surface area (Å²) in [7, 11) is 1.87. The van der Waals surface area contributed by atoms with Gasteiger partial charge in [0.25, 0.3) is 11.8 Å². The number of aryl methyl sites for hydroxylation is 1. The van der Waals surface area contributed by atoms with Crippen LogP contribution in [0, 0.1) is 5.92 Å². The van der Waals surface area contributed by atoms with Crippen LogP contribution in [-0.2, 0) is 37.4 Å². The van der Waals surface area contributed by atoms with Crippen LogP contribution in [0.5, 0.6) is 5.75 Å². The highest BCUT2D eigenvalue weighted by atomic mass is 16.7. The van der Waals surface area contributed by atoms with Crippen molar-refractivity contribution in [2.75, 3.05) is 19.7 Å². The molecular weight excluding hydrogens is 674 g/mol. The van der Waals surface area contributed by atoms with Crippen LogP contribution >= 0.6 is 0 Å². The third-order valence-corrected chi connectivity index (χ3v) is 7.39. The van der Waals surface area contributed by atoms with Crippen LogP contribution in [0.2, 0.25) is 0 Å². The number of ether oxygens (including phenoxy) is 4. The number of fused-ring (bicyclic) bond motifs is 2. The number of hydroxylamine groups is 2. The summed E-state index contributed by atoms with van der Waals surface area (Å²) in [6.45, 7) is 16.1. The first-order valence-corrected chi connectivity index (χ1v) is 17.0. The molecular formula is C37H50N5O10+. The van der Waals surface area contributed by atoms with Gasteiger partial charge in [-0.25, -0.2) is 19.2 Å². The van der Waals surface area contributed by atoms with Gasteiger partial charge < -0.3 is 29.6 Å². The molecule has 0 saturated carbocycles. The average molecular weight is 725 g/mol. The average Bonchev–Trinajstić information content (AvgIpc) is 3.45. The Morgan fingerprint density at radius 1 is 0.769 bits per heavy atom. The van der Waals surface area contributed by atoms with Gasteiger partial charge in [-0.05, 0) is 86.6 Å². The van der Waals surface area contributed by atoms with Crippen LogP contribution in [0.3, 0.4) is 0 Å². The maximum atomic E-state index is 13.2. The van der Waals surface area contributed by atoms with Gasteiger partial charge in [0.05, 0.1) is 29.3 Å². The quantitative estimate of drug-likeness (QED) is 0.118. The van der Waals surface area contributed by atoms with Gasteiger partial charge in [-0.15, -0.1) is 9.75 Å². The standard InChI is InChI=1S/C37H49N5O10/c1-35(2,3)49-32(45)29(52-42-30(43)26-13-11-12-14-27(26)31(42)44)22-48-25-15-16-28-24(17-25)21-41(40(28)10)20-23(18-38-33(46)50-36(4,5)6)19-39-34(47)51-37(7,8)9/h11-17,21,23,29H,18-20,22H2,1-10H3,(H-,38,39,46,47)/p+1/t29-/m0/s1. The first-order valence-electron chi connectivity index (χ1n) is 17.0. The molecule has 0 fully saturated rings. The number of hydrogen-bond donors (Lipinski definition) is 2. The Labute approximate surface area is 303 Å². The van der Waals surface area contributed by atoms with E-state index in [-0.39, 0.29) is 36.7 Å². The van der Waals surface area contributed by atoms with Crippen molar-refractivity contribution in [1.29, 1.82) is 0 Å². The Kier molecular flexibility index (Phi) is 11.9. The molecule has 0 unspecified atom stereocenters. The van der Waals surface area contributed by atoms with E-state index in [2.05, 4.69) is 10.6 Å². The second kappa shape index (κ2) is 15.6. The molecule has 1 aliphatic heterocycles. The fraction of sp³-hybridized carbons (Fsp3) is 0.514. The highest BCUT2D eigenvalue weighted by molar-refractivity contribution is 6.20. The van der Waals surface area contributed by atoms with E-state index in [1.54, 1.807) is 86.6 Å².